The van der Waals surface area contributed by atoms with Crippen LogP contribution in [0.25, 0.3) is 0 Å². The molecule has 0 saturated carbocycles. The smallest absolute Gasteiger partial charge is 0.117 e. The molecular weight excluding hydrogens is 171 g/mol. The molecule has 3 nitrogen and oxygen atoms in total. The highest BCUT2D eigenvalue weighted by Crippen LogP contribution is 2.04. The van der Waals surface area contributed by atoms with Crippen molar-refractivity contribution in [3.63, 3.8) is 0 Å². The molecule has 1 aliphatic heterocycles. The molecule has 0 spiro atoms. The van der Waals surface area contributed by atoms with Gasteiger partial charge in [0, 0.05) is 31.7 Å². The first-order valence-electron chi connectivity index (χ1n) is 4.84. The Hall–Kier alpha value is -0.190. The van der Waals surface area contributed by atoms with Gasteiger partial charge in [-0.15, -0.1) is 0 Å². The molecule has 0 amide bonds. The number of hydrogen-bond acceptors (Lipinski definition) is 3. The summed E-state index contributed by atoms with van der Waals surface area (Å²) in [5.74, 6) is 0. The lowest BCUT2D eigenvalue weighted by Crippen LogP contribution is -2.55. The van der Waals surface area contributed by atoms with Gasteiger partial charge in [0.15, 0.2) is 0 Å². The normalized spacial score (nSPS) is 33.2. The summed E-state index contributed by atoms with van der Waals surface area (Å²) in [4.78, 5) is 2.11. The van der Waals surface area contributed by atoms with Crippen LogP contribution in [0.5, 0.6) is 0 Å². The predicted molar refractivity (Wildman–Crippen MR) is 50.5 cm³/mol. The number of hydrogen-bond donors (Lipinski definition) is 2. The van der Waals surface area contributed by atoms with Crippen LogP contribution in [0, 0.1) is 0 Å². The van der Waals surface area contributed by atoms with E-state index in [4.69, 9.17) is 5.11 Å². The van der Waals surface area contributed by atoms with E-state index in [-0.39, 0.29) is 0 Å². The molecule has 13 heavy (non-hydrogen) atoms. The van der Waals surface area contributed by atoms with Gasteiger partial charge in [-0.1, -0.05) is 0 Å². The molecule has 1 saturated heterocycles. The maximum Gasteiger partial charge on any atom is 0.117 e. The first-order chi connectivity index (χ1) is 6.11. The second-order valence-corrected chi connectivity index (χ2v) is 4.00. The fraction of sp³-hybridized carbons (Fsp3) is 1.00. The van der Waals surface area contributed by atoms with Crippen molar-refractivity contribution in [3.8, 4) is 0 Å². The Morgan fingerprint density at radius 1 is 1.46 bits per heavy atom. The molecule has 0 aromatic carbocycles. The highest BCUT2D eigenvalue weighted by molar-refractivity contribution is 4.81. The zero-order chi connectivity index (χ0) is 9.84. The van der Waals surface area contributed by atoms with Crippen LogP contribution < -0.4 is 5.32 Å². The van der Waals surface area contributed by atoms with Crippen LogP contribution in [0.15, 0.2) is 0 Å². The molecule has 4 heteroatoms. The Bertz CT molecular complexity index is 147. The molecule has 3 unspecified atom stereocenters. The monoisotopic (exact) mass is 190 g/mol. The summed E-state index contributed by atoms with van der Waals surface area (Å²) in [6.45, 7) is 5.79. The third kappa shape index (κ3) is 3.58. The van der Waals surface area contributed by atoms with Gasteiger partial charge in [-0.25, -0.2) is 4.39 Å². The van der Waals surface area contributed by atoms with Crippen LogP contribution in [0.2, 0.25) is 0 Å². The molecule has 0 aliphatic carbocycles. The molecule has 1 heterocycles. The Morgan fingerprint density at radius 2 is 2.00 bits per heavy atom. The molecule has 0 radical (unpaired) electrons. The highest BCUT2D eigenvalue weighted by Gasteiger charge is 2.22. The lowest BCUT2D eigenvalue weighted by Gasteiger charge is -2.36. The third-order valence-corrected chi connectivity index (χ3v) is 2.28. The minimum Gasteiger partial charge on any atom is -0.389 e. The minimum absolute atomic E-state index is 0.426. The summed E-state index contributed by atoms with van der Waals surface area (Å²) >= 11 is 0. The fourth-order valence-corrected chi connectivity index (χ4v) is 1.94. The van der Waals surface area contributed by atoms with Gasteiger partial charge in [0.1, 0.15) is 6.67 Å². The number of alkyl halides is 1. The van der Waals surface area contributed by atoms with Gasteiger partial charge in [0.2, 0.25) is 0 Å². The molecule has 0 bridgehead atoms. The Kier molecular flexibility index (Phi) is 4.09. The Balaban J connectivity index is 2.32. The molecular formula is C9H19FN2O. The van der Waals surface area contributed by atoms with E-state index in [1.807, 2.05) is 0 Å². The summed E-state index contributed by atoms with van der Waals surface area (Å²) in [5, 5.41) is 12.5. The molecule has 0 aromatic heterocycles. The van der Waals surface area contributed by atoms with E-state index in [0.717, 1.165) is 13.1 Å². The lowest BCUT2D eigenvalue weighted by atomic mass is 10.1. The van der Waals surface area contributed by atoms with Gasteiger partial charge < -0.3 is 10.4 Å². The molecule has 2 N–H and O–H groups in total. The minimum atomic E-state index is -0.822. The van der Waals surface area contributed by atoms with Crippen LogP contribution >= 0.6 is 0 Å². The summed E-state index contributed by atoms with van der Waals surface area (Å²) in [6, 6.07) is 0.853. The van der Waals surface area contributed by atoms with Crippen LogP contribution in [0.3, 0.4) is 0 Å². The van der Waals surface area contributed by atoms with Crippen LogP contribution in [-0.2, 0) is 0 Å². The fourth-order valence-electron chi connectivity index (χ4n) is 1.94. The zero-order valence-corrected chi connectivity index (χ0v) is 8.33. The SMILES string of the molecule is CC1CN(CC(O)CF)CC(C)N1. The highest BCUT2D eigenvalue weighted by atomic mass is 19.1. The number of β-amino-alcohol motifs (C(OH)–C–C–N with tert-alkyl or cyclic N) is 1. The van der Waals surface area contributed by atoms with Crippen molar-refractivity contribution in [1.29, 1.82) is 0 Å². The predicted octanol–water partition coefficient (Wildman–Crippen LogP) is -0.00100. The van der Waals surface area contributed by atoms with Crippen LogP contribution in [0.1, 0.15) is 13.8 Å². The molecule has 1 aliphatic rings. The number of rotatable bonds is 3. The summed E-state index contributed by atoms with van der Waals surface area (Å²) in [7, 11) is 0. The van der Waals surface area contributed by atoms with Crippen molar-refractivity contribution >= 4 is 0 Å². The van der Waals surface area contributed by atoms with E-state index in [1.165, 1.54) is 0 Å². The standard InChI is InChI=1S/C9H19FN2O/c1-7-4-12(5-8(2)11-7)6-9(13)3-10/h7-9,11,13H,3-6H2,1-2H3. The maximum absolute atomic E-state index is 12.0. The molecule has 0 aromatic rings. The van der Waals surface area contributed by atoms with Crippen molar-refractivity contribution in [2.45, 2.75) is 32.0 Å². The first kappa shape index (κ1) is 10.9. The van der Waals surface area contributed by atoms with E-state index in [2.05, 4.69) is 24.1 Å². The van der Waals surface area contributed by atoms with Crippen molar-refractivity contribution in [3.05, 3.63) is 0 Å². The van der Waals surface area contributed by atoms with Gasteiger partial charge in [-0.3, -0.25) is 4.90 Å². The lowest BCUT2D eigenvalue weighted by molar-refractivity contribution is 0.0685. The van der Waals surface area contributed by atoms with Gasteiger partial charge in [0.05, 0.1) is 6.10 Å². The summed E-state index contributed by atoms with van der Waals surface area (Å²) in [6.07, 6.45) is -0.822. The van der Waals surface area contributed by atoms with Crippen LogP contribution in [0.4, 0.5) is 4.39 Å². The average molecular weight is 190 g/mol. The zero-order valence-electron chi connectivity index (χ0n) is 8.33. The number of halogens is 1. The summed E-state index contributed by atoms with van der Waals surface area (Å²) in [5.41, 5.74) is 0. The van der Waals surface area contributed by atoms with Gasteiger partial charge in [0.25, 0.3) is 0 Å². The van der Waals surface area contributed by atoms with E-state index in [9.17, 15) is 4.39 Å². The van der Waals surface area contributed by atoms with Gasteiger partial charge >= 0.3 is 0 Å². The average Bonchev–Trinajstić information content (AvgIpc) is 2.02. The van der Waals surface area contributed by atoms with E-state index >= 15 is 0 Å². The maximum atomic E-state index is 12.0. The number of aliphatic hydroxyl groups excluding tert-OH is 1. The number of nitrogens with one attached hydrogen (secondary N) is 1. The van der Waals surface area contributed by atoms with Crippen molar-refractivity contribution < 1.29 is 9.50 Å². The number of aliphatic hydroxyl groups is 1. The first-order valence-corrected chi connectivity index (χ1v) is 4.84. The second kappa shape index (κ2) is 4.88. The van der Waals surface area contributed by atoms with E-state index in [1.54, 1.807) is 0 Å². The van der Waals surface area contributed by atoms with Gasteiger partial charge in [-0.2, -0.15) is 0 Å². The third-order valence-electron chi connectivity index (χ3n) is 2.28. The van der Waals surface area contributed by atoms with E-state index < -0.39 is 12.8 Å². The molecule has 78 valence electrons. The summed E-state index contributed by atoms with van der Waals surface area (Å²) < 4.78 is 12.0. The Labute approximate surface area is 78.9 Å². The quantitative estimate of drug-likeness (QED) is 0.657. The van der Waals surface area contributed by atoms with Crippen LogP contribution in [-0.4, -0.2) is 54.5 Å². The van der Waals surface area contributed by atoms with Crippen molar-refractivity contribution in [2.24, 2.45) is 0 Å². The molecule has 1 fully saturated rings. The van der Waals surface area contributed by atoms with Gasteiger partial charge in [-0.05, 0) is 13.8 Å². The topological polar surface area (TPSA) is 35.5 Å². The van der Waals surface area contributed by atoms with E-state index in [0.29, 0.717) is 18.6 Å². The molecule has 3 atom stereocenters. The number of nitrogens with zero attached hydrogens (tertiary/aromatic N) is 1. The number of piperazine rings is 1. The van der Waals surface area contributed by atoms with Crippen molar-refractivity contribution in [2.75, 3.05) is 26.3 Å². The van der Waals surface area contributed by atoms with Crippen molar-refractivity contribution in [1.82, 2.24) is 10.2 Å². The molecule has 1 rings (SSSR count). The Morgan fingerprint density at radius 3 is 2.46 bits per heavy atom. The second-order valence-electron chi connectivity index (χ2n) is 4.00. The largest absolute Gasteiger partial charge is 0.389 e.